The second-order valence-electron chi connectivity index (χ2n) is 4.27. The van der Waals surface area contributed by atoms with Crippen molar-refractivity contribution in [2.75, 3.05) is 13.1 Å². The average Bonchev–Trinajstić information content (AvgIpc) is 2.31. The van der Waals surface area contributed by atoms with Gasteiger partial charge >= 0.3 is 0 Å². The lowest BCUT2D eigenvalue weighted by Crippen LogP contribution is -2.24. The van der Waals surface area contributed by atoms with Crippen LogP contribution in [-0.2, 0) is 0 Å². The van der Waals surface area contributed by atoms with E-state index in [4.69, 9.17) is 0 Å². The summed E-state index contributed by atoms with van der Waals surface area (Å²) in [5, 5.41) is 0. The summed E-state index contributed by atoms with van der Waals surface area (Å²) < 4.78 is 0. The molecule has 0 unspecified atom stereocenters. The summed E-state index contributed by atoms with van der Waals surface area (Å²) in [6, 6.07) is 10.6. The Kier molecular flexibility index (Phi) is 3.44. The van der Waals surface area contributed by atoms with Gasteiger partial charge in [-0.1, -0.05) is 30.3 Å². The number of piperidine rings is 1. The minimum atomic E-state index is 1.23. The van der Waals surface area contributed by atoms with Crippen LogP contribution < -0.4 is 0 Å². The maximum atomic E-state index is 2.45. The molecule has 1 aromatic rings. The van der Waals surface area contributed by atoms with E-state index in [0.29, 0.717) is 0 Å². The van der Waals surface area contributed by atoms with Crippen molar-refractivity contribution in [2.45, 2.75) is 26.2 Å². The van der Waals surface area contributed by atoms with E-state index in [-0.39, 0.29) is 0 Å². The van der Waals surface area contributed by atoms with E-state index in [1.807, 2.05) is 0 Å². The lowest BCUT2D eigenvalue weighted by Gasteiger charge is -2.25. The minimum absolute atomic E-state index is 1.23. The van der Waals surface area contributed by atoms with Crippen molar-refractivity contribution >= 4 is 5.57 Å². The largest absolute Gasteiger partial charge is 0.377 e. The maximum Gasteiger partial charge on any atom is 0.0172 e. The Morgan fingerprint density at radius 2 is 1.73 bits per heavy atom. The van der Waals surface area contributed by atoms with Gasteiger partial charge in [-0.25, -0.2) is 0 Å². The molecular weight excluding hydrogens is 182 g/mol. The SMILES string of the molecule is CC(=CN1CCCCC1)c1ccccc1. The van der Waals surface area contributed by atoms with Gasteiger partial charge in [0.2, 0.25) is 0 Å². The monoisotopic (exact) mass is 201 g/mol. The Bertz CT molecular complexity index is 320. The molecule has 0 spiro atoms. The fraction of sp³-hybridized carbons (Fsp3) is 0.429. The minimum Gasteiger partial charge on any atom is -0.377 e. The average molecular weight is 201 g/mol. The summed E-state index contributed by atoms with van der Waals surface area (Å²) in [7, 11) is 0. The molecule has 1 nitrogen and oxygen atoms in total. The van der Waals surface area contributed by atoms with Crippen LogP contribution in [-0.4, -0.2) is 18.0 Å². The topological polar surface area (TPSA) is 3.24 Å². The maximum absolute atomic E-state index is 2.45. The van der Waals surface area contributed by atoms with Crippen LogP contribution in [0, 0.1) is 0 Å². The lowest BCUT2D eigenvalue weighted by atomic mass is 10.1. The van der Waals surface area contributed by atoms with Crippen molar-refractivity contribution in [3.8, 4) is 0 Å². The van der Waals surface area contributed by atoms with E-state index < -0.39 is 0 Å². The highest BCUT2D eigenvalue weighted by molar-refractivity contribution is 5.63. The van der Waals surface area contributed by atoms with Gasteiger partial charge in [0.25, 0.3) is 0 Å². The van der Waals surface area contributed by atoms with Gasteiger partial charge < -0.3 is 4.90 Å². The zero-order valence-electron chi connectivity index (χ0n) is 9.45. The van der Waals surface area contributed by atoms with E-state index in [1.54, 1.807) is 0 Å². The summed E-state index contributed by atoms with van der Waals surface area (Å²) >= 11 is 0. The molecule has 0 saturated carbocycles. The van der Waals surface area contributed by atoms with Crippen molar-refractivity contribution in [1.29, 1.82) is 0 Å². The molecule has 1 saturated heterocycles. The Balaban J connectivity index is 2.06. The summed E-state index contributed by atoms with van der Waals surface area (Å²) in [4.78, 5) is 2.45. The zero-order valence-corrected chi connectivity index (χ0v) is 9.45. The Morgan fingerprint density at radius 3 is 2.40 bits per heavy atom. The highest BCUT2D eigenvalue weighted by atomic mass is 15.1. The molecule has 1 aliphatic rings. The second kappa shape index (κ2) is 5.01. The van der Waals surface area contributed by atoms with E-state index in [2.05, 4.69) is 48.4 Å². The summed E-state index contributed by atoms with van der Waals surface area (Å²) in [5.41, 5.74) is 2.71. The first-order chi connectivity index (χ1) is 7.36. The van der Waals surface area contributed by atoms with Crippen molar-refractivity contribution in [3.05, 3.63) is 42.1 Å². The first-order valence-electron chi connectivity index (χ1n) is 5.84. The third kappa shape index (κ3) is 2.85. The molecule has 80 valence electrons. The molecule has 1 heterocycles. The van der Waals surface area contributed by atoms with Gasteiger partial charge in [-0.15, -0.1) is 0 Å². The number of nitrogens with zero attached hydrogens (tertiary/aromatic N) is 1. The third-order valence-electron chi connectivity index (χ3n) is 3.00. The molecule has 0 amide bonds. The fourth-order valence-corrected chi connectivity index (χ4v) is 2.10. The zero-order chi connectivity index (χ0) is 10.5. The molecule has 0 bridgehead atoms. The normalized spacial score (nSPS) is 17.9. The first kappa shape index (κ1) is 10.3. The molecule has 1 fully saturated rings. The number of hydrogen-bond acceptors (Lipinski definition) is 1. The Morgan fingerprint density at radius 1 is 1.07 bits per heavy atom. The summed E-state index contributed by atoms with van der Waals surface area (Å²) in [5.74, 6) is 0. The van der Waals surface area contributed by atoms with Crippen LogP contribution in [0.1, 0.15) is 31.7 Å². The highest BCUT2D eigenvalue weighted by Gasteiger charge is 2.06. The molecule has 0 aliphatic carbocycles. The van der Waals surface area contributed by atoms with Gasteiger partial charge in [0.15, 0.2) is 0 Å². The molecule has 0 radical (unpaired) electrons. The van der Waals surface area contributed by atoms with Gasteiger partial charge in [-0.05, 0) is 37.3 Å². The lowest BCUT2D eigenvalue weighted by molar-refractivity contribution is 0.310. The number of hydrogen-bond donors (Lipinski definition) is 0. The predicted octanol–water partition coefficient (Wildman–Crippen LogP) is 3.53. The molecule has 1 heteroatoms. The van der Waals surface area contributed by atoms with Crippen LogP contribution >= 0.6 is 0 Å². The standard InChI is InChI=1S/C14H19N/c1-13(14-8-4-2-5-9-14)12-15-10-6-3-7-11-15/h2,4-5,8-9,12H,3,6-7,10-11H2,1H3. The molecule has 1 aromatic carbocycles. The molecule has 15 heavy (non-hydrogen) atoms. The van der Waals surface area contributed by atoms with Crippen LogP contribution in [0.3, 0.4) is 0 Å². The van der Waals surface area contributed by atoms with Crippen molar-refractivity contribution < 1.29 is 0 Å². The molecule has 0 N–H and O–H groups in total. The second-order valence-corrected chi connectivity index (χ2v) is 4.27. The van der Waals surface area contributed by atoms with Gasteiger partial charge in [0.05, 0.1) is 0 Å². The molecule has 1 aliphatic heterocycles. The molecule has 0 aromatic heterocycles. The van der Waals surface area contributed by atoms with E-state index in [1.165, 1.54) is 43.5 Å². The van der Waals surface area contributed by atoms with Crippen LogP contribution in [0.4, 0.5) is 0 Å². The van der Waals surface area contributed by atoms with Crippen molar-refractivity contribution in [3.63, 3.8) is 0 Å². The van der Waals surface area contributed by atoms with Crippen LogP contribution in [0.15, 0.2) is 36.5 Å². The van der Waals surface area contributed by atoms with Crippen LogP contribution in [0.5, 0.6) is 0 Å². The number of likely N-dealkylation sites (tertiary alicyclic amines) is 1. The summed E-state index contributed by atoms with van der Waals surface area (Å²) in [6.45, 7) is 4.65. The highest BCUT2D eigenvalue weighted by Crippen LogP contribution is 2.16. The van der Waals surface area contributed by atoms with E-state index in [9.17, 15) is 0 Å². The van der Waals surface area contributed by atoms with Crippen molar-refractivity contribution in [1.82, 2.24) is 4.90 Å². The summed E-state index contributed by atoms with van der Waals surface area (Å²) in [6.07, 6.45) is 6.40. The smallest absolute Gasteiger partial charge is 0.0172 e. The van der Waals surface area contributed by atoms with E-state index in [0.717, 1.165) is 0 Å². The molecular formula is C14H19N. The fourth-order valence-electron chi connectivity index (χ4n) is 2.10. The first-order valence-corrected chi connectivity index (χ1v) is 5.84. The van der Waals surface area contributed by atoms with Crippen LogP contribution in [0.25, 0.3) is 5.57 Å². The van der Waals surface area contributed by atoms with Gasteiger partial charge in [-0.2, -0.15) is 0 Å². The number of rotatable bonds is 2. The third-order valence-corrected chi connectivity index (χ3v) is 3.00. The number of allylic oxidation sites excluding steroid dienone is 1. The quantitative estimate of drug-likeness (QED) is 0.707. The Hall–Kier alpha value is -1.24. The Labute approximate surface area is 92.4 Å². The van der Waals surface area contributed by atoms with E-state index >= 15 is 0 Å². The predicted molar refractivity (Wildman–Crippen MR) is 65.5 cm³/mol. The van der Waals surface area contributed by atoms with Gasteiger partial charge in [0.1, 0.15) is 0 Å². The van der Waals surface area contributed by atoms with Gasteiger partial charge in [0, 0.05) is 19.3 Å². The van der Waals surface area contributed by atoms with Crippen molar-refractivity contribution in [2.24, 2.45) is 0 Å². The van der Waals surface area contributed by atoms with Crippen LogP contribution in [0.2, 0.25) is 0 Å². The van der Waals surface area contributed by atoms with Gasteiger partial charge in [-0.3, -0.25) is 0 Å². The molecule has 2 rings (SSSR count). The number of benzene rings is 1. The molecule has 0 atom stereocenters.